The van der Waals surface area contributed by atoms with E-state index in [1.54, 1.807) is 12.1 Å². The number of morpholine rings is 1. The van der Waals surface area contributed by atoms with Gasteiger partial charge >= 0.3 is 0 Å². The van der Waals surface area contributed by atoms with Gasteiger partial charge in [0.15, 0.2) is 26.6 Å². The van der Waals surface area contributed by atoms with Crippen molar-refractivity contribution < 1.29 is 26.7 Å². The number of ether oxygens (including phenoxy) is 1. The molecule has 170 valence electrons. The number of nitrogens with zero attached hydrogens (tertiary/aromatic N) is 3. The van der Waals surface area contributed by atoms with Crippen LogP contribution in [-0.2, 0) is 14.6 Å². The highest BCUT2D eigenvalue weighted by atomic mass is 32.2. The largest absolute Gasteiger partial charge is 0.379 e. The molecule has 2 heterocycles. The maximum Gasteiger partial charge on any atom is 0.260 e. The molecule has 0 bridgehead atoms. The van der Waals surface area contributed by atoms with Crippen molar-refractivity contribution >= 4 is 42.4 Å². The zero-order chi connectivity index (χ0) is 22.9. The Morgan fingerprint density at radius 1 is 1.19 bits per heavy atom. The number of carbonyl (C=O) groups is 1. The maximum absolute atomic E-state index is 13.8. The van der Waals surface area contributed by atoms with E-state index in [2.05, 4.69) is 9.88 Å². The van der Waals surface area contributed by atoms with Crippen molar-refractivity contribution in [3.8, 4) is 0 Å². The van der Waals surface area contributed by atoms with Crippen molar-refractivity contribution in [1.82, 2.24) is 9.88 Å². The van der Waals surface area contributed by atoms with Gasteiger partial charge in [0.05, 0.1) is 22.8 Å². The number of aromatic nitrogens is 1. The van der Waals surface area contributed by atoms with Gasteiger partial charge in [-0.15, -0.1) is 0 Å². The number of anilines is 1. The van der Waals surface area contributed by atoms with Gasteiger partial charge in [0.2, 0.25) is 0 Å². The second kappa shape index (κ2) is 9.18. The fourth-order valence-corrected chi connectivity index (χ4v) is 5.38. The molecule has 0 aliphatic carbocycles. The van der Waals surface area contributed by atoms with E-state index in [9.17, 15) is 22.0 Å². The third-order valence-electron chi connectivity index (χ3n) is 5.16. The summed E-state index contributed by atoms with van der Waals surface area (Å²) in [5.41, 5.74) is 0.262. The average molecular weight is 482 g/mol. The fraction of sp³-hybridized carbons (Fsp3) is 0.333. The van der Waals surface area contributed by atoms with Gasteiger partial charge in [-0.05, 0) is 30.3 Å². The number of hydrogen-bond acceptors (Lipinski definition) is 7. The highest BCUT2D eigenvalue weighted by Crippen LogP contribution is 2.33. The number of amides is 1. The van der Waals surface area contributed by atoms with Crippen LogP contribution in [0.3, 0.4) is 0 Å². The molecule has 0 atom stereocenters. The van der Waals surface area contributed by atoms with Crippen molar-refractivity contribution in [1.29, 1.82) is 0 Å². The molecule has 1 aliphatic rings. The summed E-state index contributed by atoms with van der Waals surface area (Å²) in [7, 11) is -3.53. The van der Waals surface area contributed by atoms with E-state index in [-0.39, 0.29) is 22.5 Å². The highest BCUT2D eigenvalue weighted by molar-refractivity contribution is 7.91. The lowest BCUT2D eigenvalue weighted by atomic mass is 10.2. The predicted molar refractivity (Wildman–Crippen MR) is 118 cm³/mol. The normalized spacial score (nSPS) is 15.2. The second-order valence-electron chi connectivity index (χ2n) is 7.41. The van der Waals surface area contributed by atoms with Crippen LogP contribution >= 0.6 is 11.3 Å². The molecule has 1 aliphatic heterocycles. The Bertz CT molecular complexity index is 1260. The summed E-state index contributed by atoms with van der Waals surface area (Å²) in [5, 5.41) is 0.291. The molecule has 0 saturated carbocycles. The van der Waals surface area contributed by atoms with Crippen LogP contribution in [-0.4, -0.2) is 69.9 Å². The Balaban J connectivity index is 1.72. The lowest BCUT2D eigenvalue weighted by molar-refractivity contribution is 0.0391. The van der Waals surface area contributed by atoms with E-state index in [4.69, 9.17) is 4.74 Å². The van der Waals surface area contributed by atoms with Crippen molar-refractivity contribution in [3.63, 3.8) is 0 Å². The monoisotopic (exact) mass is 481 g/mol. The highest BCUT2D eigenvalue weighted by Gasteiger charge is 2.25. The molecule has 0 radical (unpaired) electrons. The van der Waals surface area contributed by atoms with E-state index in [0.717, 1.165) is 18.4 Å². The first-order valence-corrected chi connectivity index (χ1v) is 12.6. The Morgan fingerprint density at radius 2 is 1.94 bits per heavy atom. The van der Waals surface area contributed by atoms with Gasteiger partial charge in [-0.25, -0.2) is 22.2 Å². The maximum atomic E-state index is 13.8. The average Bonchev–Trinajstić information content (AvgIpc) is 3.19. The van der Waals surface area contributed by atoms with Crippen molar-refractivity contribution in [2.75, 3.05) is 50.5 Å². The SMILES string of the molecule is CS(=O)(=O)c1cccc2sc(N(CCN3CCOCC3)C(=O)c3ccc(F)c(F)c3)nc12. The molecule has 7 nitrogen and oxygen atoms in total. The summed E-state index contributed by atoms with van der Waals surface area (Å²) >= 11 is 1.17. The molecule has 1 fully saturated rings. The summed E-state index contributed by atoms with van der Waals surface area (Å²) in [6.45, 7) is 3.38. The zero-order valence-corrected chi connectivity index (χ0v) is 18.9. The van der Waals surface area contributed by atoms with Crippen LogP contribution in [0.15, 0.2) is 41.3 Å². The Labute approximate surface area is 188 Å². The molecule has 32 heavy (non-hydrogen) atoms. The van der Waals surface area contributed by atoms with Gasteiger partial charge in [-0.2, -0.15) is 0 Å². The summed E-state index contributed by atoms with van der Waals surface area (Å²) < 4.78 is 57.5. The van der Waals surface area contributed by atoms with Crippen LogP contribution in [0, 0.1) is 11.6 Å². The van der Waals surface area contributed by atoms with Crippen LogP contribution in [0.5, 0.6) is 0 Å². The minimum absolute atomic E-state index is 0.0199. The van der Waals surface area contributed by atoms with E-state index < -0.39 is 27.4 Å². The van der Waals surface area contributed by atoms with Crippen LogP contribution in [0.2, 0.25) is 0 Å². The third-order valence-corrected chi connectivity index (χ3v) is 7.33. The van der Waals surface area contributed by atoms with Gasteiger partial charge < -0.3 is 4.74 Å². The molecule has 4 rings (SSSR count). The first-order chi connectivity index (χ1) is 15.2. The molecule has 1 saturated heterocycles. The molecule has 1 aromatic heterocycles. The molecule has 1 amide bonds. The minimum atomic E-state index is -3.53. The predicted octanol–water partition coefficient (Wildman–Crippen LogP) is 2.96. The summed E-state index contributed by atoms with van der Waals surface area (Å²) in [4.78, 5) is 21.3. The number of rotatable bonds is 6. The van der Waals surface area contributed by atoms with Crippen LogP contribution in [0.25, 0.3) is 10.2 Å². The molecular weight excluding hydrogens is 460 g/mol. The number of hydrogen-bond donors (Lipinski definition) is 0. The third kappa shape index (κ3) is 4.80. The Kier molecular flexibility index (Phi) is 6.52. The van der Waals surface area contributed by atoms with E-state index in [0.29, 0.717) is 42.7 Å². The van der Waals surface area contributed by atoms with Crippen LogP contribution < -0.4 is 4.90 Å². The lowest BCUT2D eigenvalue weighted by Gasteiger charge is -2.29. The zero-order valence-electron chi connectivity index (χ0n) is 17.3. The fourth-order valence-electron chi connectivity index (χ4n) is 3.46. The van der Waals surface area contributed by atoms with Crippen molar-refractivity contribution in [2.24, 2.45) is 0 Å². The molecule has 2 aromatic carbocycles. The first kappa shape index (κ1) is 22.7. The van der Waals surface area contributed by atoms with Gasteiger partial charge in [-0.3, -0.25) is 14.6 Å². The number of sulfone groups is 1. The number of carbonyl (C=O) groups excluding carboxylic acids is 1. The number of benzene rings is 2. The molecule has 0 spiro atoms. The summed E-state index contributed by atoms with van der Waals surface area (Å²) in [6, 6.07) is 7.80. The first-order valence-electron chi connectivity index (χ1n) is 9.90. The number of thiazole rings is 1. The second-order valence-corrected chi connectivity index (χ2v) is 10.4. The number of para-hydroxylation sites is 1. The van der Waals surface area contributed by atoms with Crippen LogP contribution in [0.1, 0.15) is 10.4 Å². The standard InChI is InChI=1S/C21H21F2N3O4S2/c1-32(28,29)18-4-2-3-17-19(18)24-21(31-17)26(8-7-25-9-11-30-12-10-25)20(27)14-5-6-15(22)16(23)13-14/h2-6,13H,7-12H2,1H3. The smallest absolute Gasteiger partial charge is 0.260 e. The van der Waals surface area contributed by atoms with Gasteiger partial charge in [0.25, 0.3) is 5.91 Å². The van der Waals surface area contributed by atoms with E-state index >= 15 is 0 Å². The Morgan fingerprint density at radius 3 is 2.62 bits per heavy atom. The Hall–Kier alpha value is -2.47. The molecule has 11 heteroatoms. The number of halogens is 2. The van der Waals surface area contributed by atoms with Gasteiger partial charge in [0, 0.05) is 38.0 Å². The molecular formula is C21H21F2N3O4S2. The van der Waals surface area contributed by atoms with Crippen molar-refractivity contribution in [2.45, 2.75) is 4.90 Å². The summed E-state index contributed by atoms with van der Waals surface area (Å²) in [6.07, 6.45) is 1.10. The van der Waals surface area contributed by atoms with E-state index in [1.807, 2.05) is 0 Å². The van der Waals surface area contributed by atoms with E-state index in [1.165, 1.54) is 28.4 Å². The minimum Gasteiger partial charge on any atom is -0.379 e. The van der Waals surface area contributed by atoms with Crippen LogP contribution in [0.4, 0.5) is 13.9 Å². The van der Waals surface area contributed by atoms with Crippen molar-refractivity contribution in [3.05, 3.63) is 53.6 Å². The topological polar surface area (TPSA) is 79.8 Å². The lowest BCUT2D eigenvalue weighted by Crippen LogP contribution is -2.43. The van der Waals surface area contributed by atoms with Gasteiger partial charge in [0.1, 0.15) is 5.52 Å². The molecule has 0 N–H and O–H groups in total. The van der Waals surface area contributed by atoms with Gasteiger partial charge in [-0.1, -0.05) is 17.4 Å². The molecule has 3 aromatic rings. The quantitative estimate of drug-likeness (QED) is 0.539. The number of fused-ring (bicyclic) bond motifs is 1. The summed E-state index contributed by atoms with van der Waals surface area (Å²) in [5.74, 6) is -2.70. The molecule has 0 unspecified atom stereocenters.